The zero-order valence-corrected chi connectivity index (χ0v) is 15.6. The first-order valence-corrected chi connectivity index (χ1v) is 6.97. The summed E-state index contributed by atoms with van der Waals surface area (Å²) < 4.78 is 28.6. The van der Waals surface area contributed by atoms with E-state index in [1.54, 1.807) is 6.07 Å². The molecule has 0 unspecified atom stereocenters. The van der Waals surface area contributed by atoms with Gasteiger partial charge in [-0.1, -0.05) is 6.07 Å². The summed E-state index contributed by atoms with van der Waals surface area (Å²) in [6.45, 7) is 1.31. The quantitative estimate of drug-likeness (QED) is 0.414. The van der Waals surface area contributed by atoms with Gasteiger partial charge in [-0.25, -0.2) is 9.98 Å². The van der Waals surface area contributed by atoms with Gasteiger partial charge < -0.3 is 15.8 Å². The number of anilines is 1. The number of alkyl halides is 2. The van der Waals surface area contributed by atoms with Crippen LogP contribution in [-0.2, 0) is 6.54 Å². The van der Waals surface area contributed by atoms with Gasteiger partial charge >= 0.3 is 6.61 Å². The highest BCUT2D eigenvalue weighted by atomic mass is 127. The minimum absolute atomic E-state index is 0. The van der Waals surface area contributed by atoms with Crippen LogP contribution in [0.1, 0.15) is 16.7 Å². The van der Waals surface area contributed by atoms with E-state index >= 15 is 0 Å². The lowest BCUT2D eigenvalue weighted by Gasteiger charge is -2.08. The van der Waals surface area contributed by atoms with E-state index in [4.69, 9.17) is 5.73 Å². The highest BCUT2D eigenvalue weighted by molar-refractivity contribution is 14.0. The van der Waals surface area contributed by atoms with Crippen LogP contribution in [0.4, 0.5) is 14.5 Å². The van der Waals surface area contributed by atoms with Crippen molar-refractivity contribution in [1.82, 2.24) is 4.98 Å². The summed E-state index contributed by atoms with van der Waals surface area (Å²) in [5, 5.41) is 3.00. The van der Waals surface area contributed by atoms with Gasteiger partial charge in [-0.2, -0.15) is 8.78 Å². The lowest BCUT2D eigenvalue weighted by Crippen LogP contribution is -2.22. The van der Waals surface area contributed by atoms with Gasteiger partial charge in [-0.15, -0.1) is 24.0 Å². The van der Waals surface area contributed by atoms with Crippen LogP contribution in [-0.4, -0.2) is 17.6 Å². The van der Waals surface area contributed by atoms with Crippen molar-refractivity contribution in [2.24, 2.45) is 10.7 Å². The summed E-state index contributed by atoms with van der Waals surface area (Å²) >= 11 is 0. The summed E-state index contributed by atoms with van der Waals surface area (Å²) in [6, 6.07) is 9.03. The van der Waals surface area contributed by atoms with Crippen LogP contribution in [0.3, 0.4) is 0 Å². The van der Waals surface area contributed by atoms with Crippen molar-refractivity contribution >= 4 is 35.6 Å². The summed E-state index contributed by atoms with van der Waals surface area (Å²) in [5.74, 6) is 0.0941. The maximum absolute atomic E-state index is 12.2. The Labute approximate surface area is 156 Å². The summed E-state index contributed by atoms with van der Waals surface area (Å²) in [5.41, 5.74) is 9.59. The Kier molecular flexibility index (Phi) is 7.83. The molecule has 130 valence electrons. The van der Waals surface area contributed by atoms with Crippen LogP contribution in [0, 0.1) is 13.8 Å². The monoisotopic (exact) mass is 448 g/mol. The number of aryl methyl sites for hydroxylation is 2. The van der Waals surface area contributed by atoms with E-state index in [0.717, 1.165) is 16.8 Å². The molecular formula is C16H19F2IN4O. The van der Waals surface area contributed by atoms with Crippen molar-refractivity contribution in [3.63, 3.8) is 0 Å². The summed E-state index contributed by atoms with van der Waals surface area (Å²) in [4.78, 5) is 7.88. The number of aliphatic imine (C=N–C) groups is 1. The molecule has 0 atom stereocenters. The number of nitrogens with zero attached hydrogens (tertiary/aromatic N) is 2. The molecule has 0 saturated heterocycles. The van der Waals surface area contributed by atoms with Crippen molar-refractivity contribution in [3.05, 3.63) is 53.2 Å². The summed E-state index contributed by atoms with van der Waals surface area (Å²) in [6.07, 6.45) is 1.39. The standard InChI is InChI=1S/C16H18F2N4O.HI/c1-10-5-11(2)7-13(6-10)22-16(19)21-9-12-3-4-20-14(8-12)23-15(17)18;/h3-8,15H,9H2,1-2H3,(H3,19,21,22);1H. The predicted octanol–water partition coefficient (Wildman–Crippen LogP) is 3.84. The molecule has 1 heterocycles. The fourth-order valence-corrected chi connectivity index (χ4v) is 2.12. The van der Waals surface area contributed by atoms with Crippen molar-refractivity contribution < 1.29 is 13.5 Å². The van der Waals surface area contributed by atoms with Crippen LogP contribution >= 0.6 is 24.0 Å². The van der Waals surface area contributed by atoms with Gasteiger partial charge in [-0.3, -0.25) is 0 Å². The third-order valence-corrected chi connectivity index (χ3v) is 2.94. The van der Waals surface area contributed by atoms with Gasteiger partial charge in [-0.05, 0) is 48.7 Å². The first-order valence-electron chi connectivity index (χ1n) is 6.97. The van der Waals surface area contributed by atoms with Gasteiger partial charge in [0.15, 0.2) is 5.96 Å². The van der Waals surface area contributed by atoms with E-state index in [2.05, 4.69) is 26.1 Å². The molecule has 0 aliphatic heterocycles. The number of benzene rings is 1. The molecule has 0 amide bonds. The smallest absolute Gasteiger partial charge is 0.388 e. The van der Waals surface area contributed by atoms with Crippen LogP contribution < -0.4 is 15.8 Å². The number of hydrogen-bond acceptors (Lipinski definition) is 3. The molecule has 0 aliphatic rings. The Balaban J connectivity index is 0.00000288. The molecule has 24 heavy (non-hydrogen) atoms. The second-order valence-electron chi connectivity index (χ2n) is 5.08. The Morgan fingerprint density at radius 3 is 2.54 bits per heavy atom. The Morgan fingerprint density at radius 2 is 1.92 bits per heavy atom. The molecular weight excluding hydrogens is 429 g/mol. The van der Waals surface area contributed by atoms with E-state index < -0.39 is 6.61 Å². The number of aromatic nitrogens is 1. The fraction of sp³-hybridized carbons (Fsp3) is 0.250. The zero-order valence-electron chi connectivity index (χ0n) is 13.3. The van der Waals surface area contributed by atoms with E-state index in [1.165, 1.54) is 12.3 Å². The number of nitrogens with two attached hydrogens (primary N) is 1. The second kappa shape index (κ2) is 9.36. The lowest BCUT2D eigenvalue weighted by molar-refractivity contribution is -0.0528. The molecule has 0 bridgehead atoms. The van der Waals surface area contributed by atoms with Gasteiger partial charge in [0, 0.05) is 18.0 Å². The molecule has 8 heteroatoms. The van der Waals surface area contributed by atoms with Crippen LogP contribution in [0.5, 0.6) is 5.88 Å². The topological polar surface area (TPSA) is 72.5 Å². The normalized spacial score (nSPS) is 11.1. The number of pyridine rings is 1. The predicted molar refractivity (Wildman–Crippen MR) is 101 cm³/mol. The molecule has 0 aliphatic carbocycles. The number of hydrogen-bond donors (Lipinski definition) is 2. The molecule has 0 spiro atoms. The maximum atomic E-state index is 12.2. The number of halogens is 3. The molecule has 0 saturated carbocycles. The Morgan fingerprint density at radius 1 is 1.25 bits per heavy atom. The zero-order chi connectivity index (χ0) is 16.8. The SMILES string of the molecule is Cc1cc(C)cc(NC(N)=NCc2ccnc(OC(F)F)c2)c1.I. The molecule has 3 N–H and O–H groups in total. The Hall–Kier alpha value is -1.97. The summed E-state index contributed by atoms with van der Waals surface area (Å²) in [7, 11) is 0. The number of guanidine groups is 1. The number of rotatable bonds is 5. The Bertz CT molecular complexity index is 690. The van der Waals surface area contributed by atoms with Crippen LogP contribution in [0.25, 0.3) is 0 Å². The van der Waals surface area contributed by atoms with Gasteiger partial charge in [0.05, 0.1) is 6.54 Å². The molecule has 0 fully saturated rings. The first-order chi connectivity index (χ1) is 10.9. The van der Waals surface area contributed by atoms with E-state index in [9.17, 15) is 8.78 Å². The highest BCUT2D eigenvalue weighted by Crippen LogP contribution is 2.14. The van der Waals surface area contributed by atoms with Crippen LogP contribution in [0.2, 0.25) is 0 Å². The van der Waals surface area contributed by atoms with Crippen molar-refractivity contribution in [2.45, 2.75) is 27.0 Å². The van der Waals surface area contributed by atoms with Crippen LogP contribution in [0.15, 0.2) is 41.5 Å². The lowest BCUT2D eigenvalue weighted by atomic mass is 10.1. The van der Waals surface area contributed by atoms with E-state index in [-0.39, 0.29) is 42.4 Å². The fourth-order valence-electron chi connectivity index (χ4n) is 2.12. The third-order valence-electron chi connectivity index (χ3n) is 2.94. The molecule has 2 aromatic rings. The second-order valence-corrected chi connectivity index (χ2v) is 5.08. The average Bonchev–Trinajstić information content (AvgIpc) is 2.43. The van der Waals surface area contributed by atoms with E-state index in [1.807, 2.05) is 26.0 Å². The minimum atomic E-state index is -2.91. The van der Waals surface area contributed by atoms with Gasteiger partial charge in [0.1, 0.15) is 0 Å². The average molecular weight is 448 g/mol. The van der Waals surface area contributed by atoms with Gasteiger partial charge in [0.25, 0.3) is 0 Å². The molecule has 1 aromatic heterocycles. The largest absolute Gasteiger partial charge is 0.417 e. The van der Waals surface area contributed by atoms with Crippen molar-refractivity contribution in [3.8, 4) is 5.88 Å². The van der Waals surface area contributed by atoms with Crippen molar-refractivity contribution in [1.29, 1.82) is 0 Å². The molecule has 1 aromatic carbocycles. The van der Waals surface area contributed by atoms with Gasteiger partial charge in [0.2, 0.25) is 5.88 Å². The maximum Gasteiger partial charge on any atom is 0.388 e. The molecule has 2 rings (SSSR count). The molecule has 5 nitrogen and oxygen atoms in total. The third kappa shape index (κ3) is 6.65. The number of ether oxygens (including phenoxy) is 1. The van der Waals surface area contributed by atoms with Crippen molar-refractivity contribution in [2.75, 3.05) is 5.32 Å². The first kappa shape index (κ1) is 20.1. The molecule has 0 radical (unpaired) electrons. The minimum Gasteiger partial charge on any atom is -0.417 e. The van der Waals surface area contributed by atoms with E-state index in [0.29, 0.717) is 5.56 Å². The highest BCUT2D eigenvalue weighted by Gasteiger charge is 2.06. The number of nitrogens with one attached hydrogen (secondary N) is 1.